The number of amides is 2. The number of nitrogens with zero attached hydrogens (tertiary/aromatic N) is 5. The molecule has 128 valence electrons. The molecule has 1 saturated heterocycles. The molecule has 2 N–H and O–H groups in total. The van der Waals surface area contributed by atoms with Crippen LogP contribution < -0.4 is 10.6 Å². The van der Waals surface area contributed by atoms with E-state index in [1.54, 1.807) is 10.9 Å². The van der Waals surface area contributed by atoms with Crippen LogP contribution in [0, 0.1) is 0 Å². The smallest absolute Gasteiger partial charge is 0.317 e. The molecule has 0 radical (unpaired) electrons. The molecule has 2 aromatic heterocycles. The average molecular weight is 329 g/mol. The second kappa shape index (κ2) is 6.26. The highest BCUT2D eigenvalue weighted by molar-refractivity contribution is 5.86. The summed E-state index contributed by atoms with van der Waals surface area (Å²) in [5.74, 6) is 2.20. The summed E-state index contributed by atoms with van der Waals surface area (Å²) >= 11 is 0. The predicted octanol–water partition coefficient (Wildman–Crippen LogP) is 1.46. The first-order valence-electron chi connectivity index (χ1n) is 8.68. The summed E-state index contributed by atoms with van der Waals surface area (Å²) in [5.41, 5.74) is 0.869. The van der Waals surface area contributed by atoms with Gasteiger partial charge in [0.05, 0.1) is 11.6 Å². The Morgan fingerprint density at radius 3 is 2.92 bits per heavy atom. The Morgan fingerprint density at radius 1 is 1.33 bits per heavy atom. The van der Waals surface area contributed by atoms with Gasteiger partial charge in [-0.15, -0.1) is 0 Å². The largest absolute Gasteiger partial charge is 0.368 e. The third kappa shape index (κ3) is 2.76. The molecule has 2 fully saturated rings. The van der Waals surface area contributed by atoms with Crippen LogP contribution >= 0.6 is 0 Å². The van der Waals surface area contributed by atoms with E-state index in [4.69, 9.17) is 9.97 Å². The minimum Gasteiger partial charge on any atom is -0.368 e. The first-order valence-corrected chi connectivity index (χ1v) is 8.68. The third-order valence-corrected chi connectivity index (χ3v) is 4.95. The molecule has 2 aliphatic rings. The summed E-state index contributed by atoms with van der Waals surface area (Å²) in [7, 11) is 1.91. The highest BCUT2D eigenvalue weighted by atomic mass is 16.2. The number of anilines is 1. The van der Waals surface area contributed by atoms with Crippen molar-refractivity contribution in [1.82, 2.24) is 30.0 Å². The molecule has 2 aromatic rings. The zero-order valence-corrected chi connectivity index (χ0v) is 14.0. The topological polar surface area (TPSA) is 88.0 Å². The number of aromatic nitrogens is 4. The van der Waals surface area contributed by atoms with E-state index in [0.717, 1.165) is 48.6 Å². The van der Waals surface area contributed by atoms with Crippen molar-refractivity contribution in [2.75, 3.05) is 31.5 Å². The van der Waals surface area contributed by atoms with E-state index in [2.05, 4.69) is 15.7 Å². The number of carbonyl (C=O) groups is 1. The molecule has 0 spiro atoms. The SMILES string of the molecule is Cn1ncc2c(NCCN3CCNC3=O)nc(C3CCCC3)nc21. The molecule has 1 aliphatic carbocycles. The maximum Gasteiger partial charge on any atom is 0.317 e. The van der Waals surface area contributed by atoms with E-state index in [0.29, 0.717) is 19.0 Å². The number of hydrogen-bond acceptors (Lipinski definition) is 5. The summed E-state index contributed by atoms with van der Waals surface area (Å²) in [6.07, 6.45) is 6.64. The van der Waals surface area contributed by atoms with Crippen molar-refractivity contribution in [3.63, 3.8) is 0 Å². The highest BCUT2D eigenvalue weighted by Gasteiger charge is 2.23. The normalized spacial score (nSPS) is 18.5. The summed E-state index contributed by atoms with van der Waals surface area (Å²) in [4.78, 5) is 23.0. The lowest BCUT2D eigenvalue weighted by atomic mass is 10.1. The second-order valence-electron chi connectivity index (χ2n) is 6.56. The van der Waals surface area contributed by atoms with Crippen molar-refractivity contribution in [3.05, 3.63) is 12.0 Å². The Morgan fingerprint density at radius 2 is 2.17 bits per heavy atom. The van der Waals surface area contributed by atoms with E-state index in [1.165, 1.54) is 12.8 Å². The number of hydrogen-bond donors (Lipinski definition) is 2. The van der Waals surface area contributed by atoms with Gasteiger partial charge in [-0.1, -0.05) is 12.8 Å². The molecule has 1 aliphatic heterocycles. The molecule has 4 rings (SSSR count). The molecule has 0 bridgehead atoms. The number of fused-ring (bicyclic) bond motifs is 1. The molecular weight excluding hydrogens is 306 g/mol. The lowest BCUT2D eigenvalue weighted by Crippen LogP contribution is -2.32. The third-order valence-electron chi connectivity index (χ3n) is 4.95. The van der Waals surface area contributed by atoms with E-state index in [9.17, 15) is 4.79 Å². The van der Waals surface area contributed by atoms with Crippen LogP contribution in [0.1, 0.15) is 37.4 Å². The van der Waals surface area contributed by atoms with E-state index in [1.807, 2.05) is 11.9 Å². The standard InChI is InChI=1S/C16H23N7O/c1-22-15-12(10-19-22)14(17-6-8-23-9-7-18-16(23)24)20-13(21-15)11-4-2-3-5-11/h10-11H,2-9H2,1H3,(H,18,24)(H,17,20,21). The lowest BCUT2D eigenvalue weighted by molar-refractivity contribution is 0.219. The van der Waals surface area contributed by atoms with Gasteiger partial charge in [0.1, 0.15) is 11.6 Å². The van der Waals surface area contributed by atoms with Crippen LogP contribution in [0.5, 0.6) is 0 Å². The van der Waals surface area contributed by atoms with Crippen molar-refractivity contribution >= 4 is 22.9 Å². The Hall–Kier alpha value is -2.38. The second-order valence-corrected chi connectivity index (χ2v) is 6.56. The first kappa shape index (κ1) is 15.2. The molecule has 2 amide bonds. The maximum atomic E-state index is 11.6. The zero-order valence-electron chi connectivity index (χ0n) is 14.0. The Kier molecular flexibility index (Phi) is 3.95. The summed E-state index contributed by atoms with van der Waals surface area (Å²) in [6.45, 7) is 2.82. The van der Waals surface area contributed by atoms with Crippen LogP contribution in [0.25, 0.3) is 11.0 Å². The van der Waals surface area contributed by atoms with Crippen molar-refractivity contribution in [2.45, 2.75) is 31.6 Å². The van der Waals surface area contributed by atoms with Gasteiger partial charge in [0, 0.05) is 39.1 Å². The summed E-state index contributed by atoms with van der Waals surface area (Å²) < 4.78 is 1.80. The van der Waals surface area contributed by atoms with Crippen LogP contribution in [-0.2, 0) is 7.05 Å². The molecule has 1 saturated carbocycles. The number of nitrogens with one attached hydrogen (secondary N) is 2. The van der Waals surface area contributed by atoms with Crippen molar-refractivity contribution in [3.8, 4) is 0 Å². The van der Waals surface area contributed by atoms with Gasteiger partial charge in [0.25, 0.3) is 0 Å². The van der Waals surface area contributed by atoms with Gasteiger partial charge in [-0.2, -0.15) is 5.10 Å². The molecule has 0 unspecified atom stereocenters. The van der Waals surface area contributed by atoms with Crippen molar-refractivity contribution in [2.24, 2.45) is 7.05 Å². The number of carbonyl (C=O) groups excluding carboxylic acids is 1. The van der Waals surface area contributed by atoms with Crippen LogP contribution in [0.3, 0.4) is 0 Å². The van der Waals surface area contributed by atoms with Crippen LogP contribution in [0.4, 0.5) is 10.6 Å². The van der Waals surface area contributed by atoms with E-state index >= 15 is 0 Å². The monoisotopic (exact) mass is 329 g/mol. The number of urea groups is 1. The molecule has 8 heteroatoms. The fourth-order valence-electron chi connectivity index (χ4n) is 3.57. The van der Waals surface area contributed by atoms with Crippen molar-refractivity contribution in [1.29, 1.82) is 0 Å². The Labute approximate surface area is 140 Å². The molecule has 0 aromatic carbocycles. The number of aryl methyl sites for hydroxylation is 1. The van der Waals surface area contributed by atoms with E-state index < -0.39 is 0 Å². The predicted molar refractivity (Wildman–Crippen MR) is 91.0 cm³/mol. The van der Waals surface area contributed by atoms with E-state index in [-0.39, 0.29) is 6.03 Å². The summed E-state index contributed by atoms with van der Waals surface area (Å²) in [6, 6.07) is 0.0117. The first-order chi connectivity index (χ1) is 11.7. The molecule has 8 nitrogen and oxygen atoms in total. The fourth-order valence-corrected chi connectivity index (χ4v) is 3.57. The number of rotatable bonds is 5. The van der Waals surface area contributed by atoms with Gasteiger partial charge in [-0.05, 0) is 12.8 Å². The van der Waals surface area contributed by atoms with Gasteiger partial charge in [-0.3, -0.25) is 4.68 Å². The fraction of sp³-hybridized carbons (Fsp3) is 0.625. The van der Waals surface area contributed by atoms with Crippen molar-refractivity contribution < 1.29 is 4.79 Å². The van der Waals surface area contributed by atoms with Gasteiger partial charge >= 0.3 is 6.03 Å². The maximum absolute atomic E-state index is 11.6. The van der Waals surface area contributed by atoms with Gasteiger partial charge in [-0.25, -0.2) is 14.8 Å². The molecular formula is C16H23N7O. The van der Waals surface area contributed by atoms with Gasteiger partial charge in [0.2, 0.25) is 0 Å². The Bertz CT molecular complexity index is 750. The van der Waals surface area contributed by atoms with Gasteiger partial charge < -0.3 is 15.5 Å². The lowest BCUT2D eigenvalue weighted by Gasteiger charge is -2.16. The van der Waals surface area contributed by atoms with Crippen LogP contribution in [0.2, 0.25) is 0 Å². The zero-order chi connectivity index (χ0) is 16.5. The minimum atomic E-state index is 0.0117. The molecule has 24 heavy (non-hydrogen) atoms. The van der Waals surface area contributed by atoms with Crippen LogP contribution in [-0.4, -0.2) is 56.9 Å². The Balaban J connectivity index is 1.55. The van der Waals surface area contributed by atoms with Crippen LogP contribution in [0.15, 0.2) is 6.20 Å². The van der Waals surface area contributed by atoms with Gasteiger partial charge in [0.15, 0.2) is 5.65 Å². The minimum absolute atomic E-state index is 0.0117. The quantitative estimate of drug-likeness (QED) is 0.867. The summed E-state index contributed by atoms with van der Waals surface area (Å²) in [5, 5.41) is 11.5. The average Bonchev–Trinajstić information content (AvgIpc) is 3.31. The molecule has 3 heterocycles. The highest BCUT2D eigenvalue weighted by Crippen LogP contribution is 2.33. The molecule has 0 atom stereocenters.